The van der Waals surface area contributed by atoms with Crippen LogP contribution in [0.15, 0.2) is 29.1 Å². The zero-order chi connectivity index (χ0) is 19.6. The number of carbonyl (C=O) groups is 1. The molecule has 2 aromatic rings. The molecule has 3 rings (SSSR count). The standard InChI is InChI=1S/C20H28BrN3O3/c1-20(2,3)27-19(26)22-13-9-15(10-14-22)24-17-8-5-4-7-16(17)23(18(24)25)12-6-11-21/h4-5,7-8,15H,6,9-14H2,1-3H3. The minimum absolute atomic E-state index is 0.0490. The fourth-order valence-electron chi connectivity index (χ4n) is 3.65. The van der Waals surface area contributed by atoms with Crippen LogP contribution >= 0.6 is 15.9 Å². The number of carbonyl (C=O) groups excluding carboxylic acids is 1. The first-order valence-corrected chi connectivity index (χ1v) is 10.7. The van der Waals surface area contributed by atoms with Gasteiger partial charge in [-0.05, 0) is 52.2 Å². The van der Waals surface area contributed by atoms with Crippen LogP contribution in [0.25, 0.3) is 11.0 Å². The molecule has 0 radical (unpaired) electrons. The highest BCUT2D eigenvalue weighted by Crippen LogP contribution is 2.26. The molecule has 0 N–H and O–H groups in total. The zero-order valence-electron chi connectivity index (χ0n) is 16.3. The number of imidazole rings is 1. The number of halogens is 1. The van der Waals surface area contributed by atoms with Gasteiger partial charge in [-0.3, -0.25) is 9.13 Å². The Bertz CT molecular complexity index is 857. The number of benzene rings is 1. The topological polar surface area (TPSA) is 56.5 Å². The molecule has 7 heteroatoms. The van der Waals surface area contributed by atoms with Gasteiger partial charge in [0.2, 0.25) is 0 Å². The summed E-state index contributed by atoms with van der Waals surface area (Å²) in [7, 11) is 0. The highest BCUT2D eigenvalue weighted by Gasteiger charge is 2.29. The quantitative estimate of drug-likeness (QED) is 0.674. The maximum absolute atomic E-state index is 13.1. The van der Waals surface area contributed by atoms with Crippen LogP contribution in [0.2, 0.25) is 0 Å². The van der Waals surface area contributed by atoms with E-state index in [1.54, 1.807) is 4.90 Å². The fraction of sp³-hybridized carbons (Fsp3) is 0.600. The molecular formula is C20H28BrN3O3. The molecule has 6 nitrogen and oxygen atoms in total. The molecule has 0 atom stereocenters. The molecular weight excluding hydrogens is 410 g/mol. The molecule has 2 heterocycles. The Morgan fingerprint density at radius 3 is 2.41 bits per heavy atom. The number of ether oxygens (including phenoxy) is 1. The van der Waals surface area contributed by atoms with E-state index in [9.17, 15) is 9.59 Å². The van der Waals surface area contributed by atoms with Crippen LogP contribution in [0.4, 0.5) is 4.79 Å². The Morgan fingerprint density at radius 1 is 1.19 bits per heavy atom. The Labute approximate surface area is 168 Å². The lowest BCUT2D eigenvalue weighted by Gasteiger charge is -2.33. The van der Waals surface area contributed by atoms with E-state index in [0.717, 1.165) is 35.6 Å². The number of para-hydroxylation sites is 2. The highest BCUT2D eigenvalue weighted by atomic mass is 79.9. The Kier molecular flexibility index (Phi) is 5.99. The number of fused-ring (bicyclic) bond motifs is 1. The van der Waals surface area contributed by atoms with Crippen molar-refractivity contribution in [3.05, 3.63) is 34.7 Å². The maximum atomic E-state index is 13.1. The first-order chi connectivity index (χ1) is 12.8. The van der Waals surface area contributed by atoms with Gasteiger partial charge >= 0.3 is 11.8 Å². The second kappa shape index (κ2) is 8.09. The minimum Gasteiger partial charge on any atom is -0.444 e. The van der Waals surface area contributed by atoms with Gasteiger partial charge in [0.1, 0.15) is 5.60 Å². The van der Waals surface area contributed by atoms with Crippen LogP contribution in [0.1, 0.15) is 46.1 Å². The predicted octanol–water partition coefficient (Wildman–Crippen LogP) is 4.16. The van der Waals surface area contributed by atoms with Crippen molar-refractivity contribution in [1.82, 2.24) is 14.0 Å². The van der Waals surface area contributed by atoms with Gasteiger partial charge in [0, 0.05) is 31.0 Å². The minimum atomic E-state index is -0.492. The third kappa shape index (κ3) is 4.39. The summed E-state index contributed by atoms with van der Waals surface area (Å²) in [5.41, 5.74) is 1.52. The molecule has 148 valence electrons. The number of alkyl halides is 1. The number of likely N-dealkylation sites (tertiary alicyclic amines) is 1. The monoisotopic (exact) mass is 437 g/mol. The SMILES string of the molecule is CC(C)(C)OC(=O)N1CCC(n2c(=O)n(CCCBr)c3ccccc32)CC1. The van der Waals surface area contributed by atoms with Crippen molar-refractivity contribution < 1.29 is 9.53 Å². The molecule has 1 fully saturated rings. The Morgan fingerprint density at radius 2 is 1.81 bits per heavy atom. The van der Waals surface area contributed by atoms with Crippen molar-refractivity contribution in [2.75, 3.05) is 18.4 Å². The lowest BCUT2D eigenvalue weighted by atomic mass is 10.0. The van der Waals surface area contributed by atoms with E-state index in [1.165, 1.54) is 0 Å². The van der Waals surface area contributed by atoms with Gasteiger partial charge < -0.3 is 9.64 Å². The lowest BCUT2D eigenvalue weighted by molar-refractivity contribution is 0.0188. The normalized spacial score (nSPS) is 16.1. The highest BCUT2D eigenvalue weighted by molar-refractivity contribution is 9.09. The molecule has 0 aliphatic carbocycles. The van der Waals surface area contributed by atoms with Gasteiger partial charge in [0.05, 0.1) is 11.0 Å². The number of aryl methyl sites for hydroxylation is 1. The van der Waals surface area contributed by atoms with E-state index in [-0.39, 0.29) is 17.8 Å². The lowest BCUT2D eigenvalue weighted by Crippen LogP contribution is -2.43. The first-order valence-electron chi connectivity index (χ1n) is 9.55. The molecule has 1 aromatic heterocycles. The van der Waals surface area contributed by atoms with Gasteiger partial charge in [0.15, 0.2) is 0 Å². The molecule has 1 aromatic carbocycles. The smallest absolute Gasteiger partial charge is 0.410 e. The molecule has 1 amide bonds. The summed E-state index contributed by atoms with van der Waals surface area (Å²) >= 11 is 3.45. The van der Waals surface area contributed by atoms with Crippen molar-refractivity contribution in [2.24, 2.45) is 0 Å². The van der Waals surface area contributed by atoms with E-state index in [1.807, 2.05) is 54.2 Å². The van der Waals surface area contributed by atoms with Crippen LogP contribution in [0.3, 0.4) is 0 Å². The Balaban J connectivity index is 1.80. The van der Waals surface area contributed by atoms with Crippen LogP contribution in [-0.2, 0) is 11.3 Å². The third-order valence-corrected chi connectivity index (χ3v) is 5.43. The second-order valence-corrected chi connectivity index (χ2v) is 8.83. The molecule has 27 heavy (non-hydrogen) atoms. The summed E-state index contributed by atoms with van der Waals surface area (Å²) in [5, 5.41) is 0.868. The summed E-state index contributed by atoms with van der Waals surface area (Å²) < 4.78 is 9.27. The average Bonchev–Trinajstić information content (AvgIpc) is 2.90. The largest absolute Gasteiger partial charge is 0.444 e. The van der Waals surface area contributed by atoms with Crippen LogP contribution in [0.5, 0.6) is 0 Å². The molecule has 1 aliphatic heterocycles. The van der Waals surface area contributed by atoms with E-state index in [0.29, 0.717) is 19.6 Å². The number of amides is 1. The average molecular weight is 438 g/mol. The number of rotatable bonds is 4. The maximum Gasteiger partial charge on any atom is 0.410 e. The number of nitrogens with zero attached hydrogens (tertiary/aromatic N) is 3. The molecule has 0 unspecified atom stereocenters. The second-order valence-electron chi connectivity index (χ2n) is 8.03. The van der Waals surface area contributed by atoms with E-state index in [2.05, 4.69) is 15.9 Å². The van der Waals surface area contributed by atoms with Gasteiger partial charge in [-0.15, -0.1) is 0 Å². The Hall–Kier alpha value is -1.76. The summed E-state index contributed by atoms with van der Waals surface area (Å²) in [6.07, 6.45) is 2.15. The molecule has 1 saturated heterocycles. The molecule has 0 spiro atoms. The van der Waals surface area contributed by atoms with Crippen molar-refractivity contribution >= 4 is 33.1 Å². The summed E-state index contributed by atoms with van der Waals surface area (Å²) in [6, 6.07) is 8.08. The fourth-order valence-corrected chi connectivity index (χ4v) is 3.90. The number of piperidine rings is 1. The van der Waals surface area contributed by atoms with E-state index >= 15 is 0 Å². The summed E-state index contributed by atoms with van der Waals surface area (Å²) in [6.45, 7) is 7.53. The van der Waals surface area contributed by atoms with Gasteiger partial charge in [-0.1, -0.05) is 28.1 Å². The van der Waals surface area contributed by atoms with E-state index < -0.39 is 5.60 Å². The summed E-state index contributed by atoms with van der Waals surface area (Å²) in [4.78, 5) is 27.1. The first kappa shape index (κ1) is 20.0. The van der Waals surface area contributed by atoms with Crippen molar-refractivity contribution in [1.29, 1.82) is 0 Å². The summed E-state index contributed by atoms with van der Waals surface area (Å²) in [5.74, 6) is 0. The molecule has 0 bridgehead atoms. The number of hydrogen-bond acceptors (Lipinski definition) is 3. The van der Waals surface area contributed by atoms with Gasteiger partial charge in [0.25, 0.3) is 0 Å². The van der Waals surface area contributed by atoms with Crippen LogP contribution < -0.4 is 5.69 Å². The molecule has 0 saturated carbocycles. The van der Waals surface area contributed by atoms with Crippen LogP contribution in [0, 0.1) is 0 Å². The van der Waals surface area contributed by atoms with E-state index in [4.69, 9.17) is 4.74 Å². The predicted molar refractivity (Wildman–Crippen MR) is 111 cm³/mol. The number of aromatic nitrogens is 2. The van der Waals surface area contributed by atoms with Crippen molar-refractivity contribution in [3.63, 3.8) is 0 Å². The molecule has 1 aliphatic rings. The number of hydrogen-bond donors (Lipinski definition) is 0. The van der Waals surface area contributed by atoms with Crippen molar-refractivity contribution in [2.45, 2.75) is 58.2 Å². The van der Waals surface area contributed by atoms with Crippen LogP contribution in [-0.4, -0.2) is 44.1 Å². The third-order valence-electron chi connectivity index (χ3n) is 4.87. The van der Waals surface area contributed by atoms with Crippen molar-refractivity contribution in [3.8, 4) is 0 Å². The van der Waals surface area contributed by atoms with Gasteiger partial charge in [-0.2, -0.15) is 0 Å². The van der Waals surface area contributed by atoms with Gasteiger partial charge in [-0.25, -0.2) is 9.59 Å². The zero-order valence-corrected chi connectivity index (χ0v) is 17.9.